The Bertz CT molecular complexity index is 339. The van der Waals surface area contributed by atoms with E-state index >= 15 is 0 Å². The number of ether oxygens (including phenoxy) is 1. The van der Waals surface area contributed by atoms with Crippen molar-refractivity contribution in [1.29, 1.82) is 0 Å². The zero-order valence-electron chi connectivity index (χ0n) is 9.79. The lowest BCUT2D eigenvalue weighted by Gasteiger charge is -2.14. The summed E-state index contributed by atoms with van der Waals surface area (Å²) < 4.78 is 5.34. The Morgan fingerprint density at radius 3 is 2.73 bits per heavy atom. The molecule has 0 saturated heterocycles. The standard InChI is InChI=1S/C11H19N3O/c1-7-6-13-10(5-8(2)14-12)9(3)11(7)15-4/h6,8,14H,5,12H2,1-4H3. The minimum Gasteiger partial charge on any atom is -0.496 e. The van der Waals surface area contributed by atoms with E-state index < -0.39 is 0 Å². The van der Waals surface area contributed by atoms with Gasteiger partial charge in [0.1, 0.15) is 5.75 Å². The Kier molecular flexibility index (Phi) is 4.05. The second-order valence-corrected chi connectivity index (χ2v) is 3.82. The van der Waals surface area contributed by atoms with Gasteiger partial charge >= 0.3 is 0 Å². The van der Waals surface area contributed by atoms with Gasteiger partial charge in [-0.05, 0) is 20.8 Å². The van der Waals surface area contributed by atoms with E-state index in [4.69, 9.17) is 10.6 Å². The minimum absolute atomic E-state index is 0.212. The molecular formula is C11H19N3O. The van der Waals surface area contributed by atoms with Crippen LogP contribution in [0.15, 0.2) is 6.20 Å². The molecule has 0 amide bonds. The molecule has 0 aliphatic carbocycles. The van der Waals surface area contributed by atoms with Crippen LogP contribution in [0.25, 0.3) is 0 Å². The van der Waals surface area contributed by atoms with E-state index in [2.05, 4.69) is 10.4 Å². The molecule has 1 aromatic rings. The van der Waals surface area contributed by atoms with E-state index in [1.165, 1.54) is 0 Å². The molecule has 15 heavy (non-hydrogen) atoms. The second-order valence-electron chi connectivity index (χ2n) is 3.82. The molecule has 1 heterocycles. The molecule has 1 aromatic heterocycles. The first-order valence-electron chi connectivity index (χ1n) is 5.05. The lowest BCUT2D eigenvalue weighted by atomic mass is 10.1. The zero-order chi connectivity index (χ0) is 11.4. The summed E-state index contributed by atoms with van der Waals surface area (Å²) >= 11 is 0. The van der Waals surface area contributed by atoms with Gasteiger partial charge in [-0.1, -0.05) is 0 Å². The van der Waals surface area contributed by atoms with Crippen molar-refractivity contribution in [3.8, 4) is 5.75 Å². The molecule has 4 nitrogen and oxygen atoms in total. The van der Waals surface area contributed by atoms with Crippen LogP contribution in [0.4, 0.5) is 0 Å². The first kappa shape index (κ1) is 11.9. The van der Waals surface area contributed by atoms with Crippen molar-refractivity contribution in [1.82, 2.24) is 10.4 Å². The number of pyridine rings is 1. The fraction of sp³-hybridized carbons (Fsp3) is 0.545. The van der Waals surface area contributed by atoms with E-state index in [0.717, 1.165) is 29.0 Å². The highest BCUT2D eigenvalue weighted by Gasteiger charge is 2.11. The van der Waals surface area contributed by atoms with Crippen LogP contribution in [0.1, 0.15) is 23.7 Å². The molecule has 0 bridgehead atoms. The van der Waals surface area contributed by atoms with Crippen molar-refractivity contribution < 1.29 is 4.74 Å². The Morgan fingerprint density at radius 1 is 1.53 bits per heavy atom. The quantitative estimate of drug-likeness (QED) is 0.576. The molecule has 1 atom stereocenters. The molecule has 0 radical (unpaired) electrons. The third kappa shape index (κ3) is 2.67. The topological polar surface area (TPSA) is 60.2 Å². The smallest absolute Gasteiger partial charge is 0.128 e. The average molecular weight is 209 g/mol. The summed E-state index contributed by atoms with van der Waals surface area (Å²) in [5, 5.41) is 0. The fourth-order valence-corrected chi connectivity index (χ4v) is 1.63. The highest BCUT2D eigenvalue weighted by Crippen LogP contribution is 2.24. The Hall–Kier alpha value is -1.13. The first-order chi connectivity index (χ1) is 7.10. The van der Waals surface area contributed by atoms with Crippen LogP contribution in [-0.4, -0.2) is 18.1 Å². The summed E-state index contributed by atoms with van der Waals surface area (Å²) in [5.74, 6) is 6.28. The maximum atomic E-state index is 5.36. The molecule has 4 heteroatoms. The molecule has 0 spiro atoms. The van der Waals surface area contributed by atoms with E-state index in [9.17, 15) is 0 Å². The van der Waals surface area contributed by atoms with Crippen LogP contribution in [0, 0.1) is 13.8 Å². The highest BCUT2D eigenvalue weighted by atomic mass is 16.5. The summed E-state index contributed by atoms with van der Waals surface area (Å²) in [6.07, 6.45) is 2.64. The maximum Gasteiger partial charge on any atom is 0.128 e. The number of aryl methyl sites for hydroxylation is 1. The Morgan fingerprint density at radius 2 is 2.20 bits per heavy atom. The SMILES string of the molecule is COc1c(C)cnc(CC(C)NN)c1C. The number of nitrogens with one attached hydrogen (secondary N) is 1. The number of methoxy groups -OCH3 is 1. The molecule has 84 valence electrons. The summed E-state index contributed by atoms with van der Waals surface area (Å²) in [7, 11) is 1.68. The molecule has 1 rings (SSSR count). The molecule has 0 aliphatic heterocycles. The van der Waals surface area contributed by atoms with Crippen LogP contribution >= 0.6 is 0 Å². The number of hydrazine groups is 1. The van der Waals surface area contributed by atoms with Crippen molar-refractivity contribution in [2.75, 3.05) is 7.11 Å². The van der Waals surface area contributed by atoms with Crippen molar-refractivity contribution in [3.63, 3.8) is 0 Å². The van der Waals surface area contributed by atoms with Crippen LogP contribution < -0.4 is 16.0 Å². The number of nitrogens with two attached hydrogens (primary N) is 1. The van der Waals surface area contributed by atoms with Gasteiger partial charge in [-0.25, -0.2) is 0 Å². The van der Waals surface area contributed by atoms with Gasteiger partial charge in [-0.3, -0.25) is 16.3 Å². The zero-order valence-corrected chi connectivity index (χ0v) is 9.79. The Labute approximate surface area is 90.8 Å². The number of hydrogen-bond acceptors (Lipinski definition) is 4. The molecular weight excluding hydrogens is 190 g/mol. The third-order valence-corrected chi connectivity index (χ3v) is 2.53. The van der Waals surface area contributed by atoms with Crippen LogP contribution in [-0.2, 0) is 6.42 Å². The number of aromatic nitrogens is 1. The van der Waals surface area contributed by atoms with Gasteiger partial charge in [0.05, 0.1) is 7.11 Å². The predicted octanol–water partition coefficient (Wildman–Crippen LogP) is 1.10. The van der Waals surface area contributed by atoms with E-state index in [1.54, 1.807) is 7.11 Å². The fourth-order valence-electron chi connectivity index (χ4n) is 1.63. The molecule has 3 N–H and O–H groups in total. The summed E-state index contributed by atoms with van der Waals surface area (Å²) in [4.78, 5) is 4.40. The number of nitrogens with zero attached hydrogens (tertiary/aromatic N) is 1. The van der Waals surface area contributed by atoms with Gasteiger partial charge in [0.15, 0.2) is 0 Å². The molecule has 1 unspecified atom stereocenters. The van der Waals surface area contributed by atoms with Crippen molar-refractivity contribution in [2.45, 2.75) is 33.2 Å². The molecule has 0 saturated carbocycles. The average Bonchev–Trinajstić information content (AvgIpc) is 2.23. The van der Waals surface area contributed by atoms with Gasteiger partial charge in [-0.15, -0.1) is 0 Å². The number of rotatable bonds is 4. The van der Waals surface area contributed by atoms with E-state index in [1.807, 2.05) is 27.0 Å². The van der Waals surface area contributed by atoms with Crippen LogP contribution in [0.3, 0.4) is 0 Å². The molecule has 0 fully saturated rings. The van der Waals surface area contributed by atoms with Gasteiger partial charge in [0.25, 0.3) is 0 Å². The van der Waals surface area contributed by atoms with Crippen LogP contribution in [0.5, 0.6) is 5.75 Å². The van der Waals surface area contributed by atoms with Crippen LogP contribution in [0.2, 0.25) is 0 Å². The van der Waals surface area contributed by atoms with Gasteiger partial charge in [0.2, 0.25) is 0 Å². The Balaban J connectivity index is 2.99. The molecule has 0 aromatic carbocycles. The number of hydrogen-bond donors (Lipinski definition) is 2. The third-order valence-electron chi connectivity index (χ3n) is 2.53. The maximum absolute atomic E-state index is 5.36. The minimum atomic E-state index is 0.212. The van der Waals surface area contributed by atoms with Gasteiger partial charge in [-0.2, -0.15) is 0 Å². The van der Waals surface area contributed by atoms with Gasteiger partial charge in [0, 0.05) is 35.5 Å². The van der Waals surface area contributed by atoms with Gasteiger partial charge < -0.3 is 4.74 Å². The van der Waals surface area contributed by atoms with E-state index in [-0.39, 0.29) is 6.04 Å². The summed E-state index contributed by atoms with van der Waals surface area (Å²) in [6.45, 7) is 6.04. The second kappa shape index (κ2) is 5.09. The van der Waals surface area contributed by atoms with Crippen molar-refractivity contribution in [2.24, 2.45) is 5.84 Å². The monoisotopic (exact) mass is 209 g/mol. The largest absolute Gasteiger partial charge is 0.496 e. The normalized spacial score (nSPS) is 12.6. The summed E-state index contributed by atoms with van der Waals surface area (Å²) in [6, 6.07) is 0.212. The lowest BCUT2D eigenvalue weighted by molar-refractivity contribution is 0.406. The first-order valence-corrected chi connectivity index (χ1v) is 5.05. The molecule has 0 aliphatic rings. The summed E-state index contributed by atoms with van der Waals surface area (Å²) in [5.41, 5.74) is 5.90. The van der Waals surface area contributed by atoms with Crippen molar-refractivity contribution >= 4 is 0 Å². The van der Waals surface area contributed by atoms with Crippen molar-refractivity contribution in [3.05, 3.63) is 23.0 Å². The van der Waals surface area contributed by atoms with E-state index in [0.29, 0.717) is 0 Å². The predicted molar refractivity (Wildman–Crippen MR) is 60.8 cm³/mol. The highest BCUT2D eigenvalue weighted by molar-refractivity contribution is 5.41. The lowest BCUT2D eigenvalue weighted by Crippen LogP contribution is -2.34.